The smallest absolute Gasteiger partial charge is 0.335 e. The van der Waals surface area contributed by atoms with E-state index < -0.39 is 5.97 Å². The van der Waals surface area contributed by atoms with E-state index in [1.807, 2.05) is 13.0 Å². The molecule has 0 bridgehead atoms. The number of hydrogen-bond acceptors (Lipinski definition) is 3. The van der Waals surface area contributed by atoms with Gasteiger partial charge >= 0.3 is 5.97 Å². The molecule has 5 heteroatoms. The quantitative estimate of drug-likeness (QED) is 0.698. The number of carbonyl (C=O) groups is 2. The number of nitrogens with one attached hydrogen (secondary N) is 1. The SMILES string of the molecule is CCOCCC(=O)NCCc1cccc(C(=O)O)c1. The molecule has 0 unspecified atom stereocenters. The molecule has 1 amide bonds. The zero-order chi connectivity index (χ0) is 14.1. The van der Waals surface area contributed by atoms with E-state index in [0.717, 1.165) is 5.56 Å². The number of carboxylic acid groups (broad SMARTS) is 1. The molecule has 5 nitrogen and oxygen atoms in total. The number of rotatable bonds is 8. The second-order valence-electron chi connectivity index (χ2n) is 4.05. The van der Waals surface area contributed by atoms with Crippen molar-refractivity contribution in [2.45, 2.75) is 19.8 Å². The van der Waals surface area contributed by atoms with Crippen LogP contribution < -0.4 is 5.32 Å². The van der Waals surface area contributed by atoms with Gasteiger partial charge in [0.05, 0.1) is 12.2 Å². The second kappa shape index (κ2) is 8.26. The molecule has 104 valence electrons. The van der Waals surface area contributed by atoms with E-state index in [9.17, 15) is 9.59 Å². The normalized spacial score (nSPS) is 10.2. The fourth-order valence-electron chi connectivity index (χ4n) is 1.60. The molecule has 0 aliphatic carbocycles. The van der Waals surface area contributed by atoms with E-state index in [1.165, 1.54) is 0 Å². The number of carboxylic acids is 1. The number of aromatic carboxylic acids is 1. The Hall–Kier alpha value is -1.88. The summed E-state index contributed by atoms with van der Waals surface area (Å²) in [5, 5.41) is 11.6. The summed E-state index contributed by atoms with van der Waals surface area (Å²) in [6.07, 6.45) is 0.963. The van der Waals surface area contributed by atoms with Crippen LogP contribution in [0.5, 0.6) is 0 Å². The molecule has 0 saturated heterocycles. The summed E-state index contributed by atoms with van der Waals surface area (Å²) < 4.78 is 5.08. The van der Waals surface area contributed by atoms with Crippen LogP contribution in [0.2, 0.25) is 0 Å². The molecule has 1 aromatic carbocycles. The Labute approximate surface area is 112 Å². The summed E-state index contributed by atoms with van der Waals surface area (Å²) in [4.78, 5) is 22.2. The fraction of sp³-hybridized carbons (Fsp3) is 0.429. The first-order valence-corrected chi connectivity index (χ1v) is 6.30. The standard InChI is InChI=1S/C14H19NO4/c1-2-19-9-7-13(16)15-8-6-11-4-3-5-12(10-11)14(17)18/h3-5,10H,2,6-9H2,1H3,(H,15,16)(H,17,18). The van der Waals surface area contributed by atoms with Crippen LogP contribution in [0.1, 0.15) is 29.3 Å². The van der Waals surface area contributed by atoms with E-state index in [1.54, 1.807) is 18.2 Å². The molecule has 0 fully saturated rings. The van der Waals surface area contributed by atoms with Gasteiger partial charge in [-0.05, 0) is 31.0 Å². The third kappa shape index (κ3) is 6.01. The predicted octanol–water partition coefficient (Wildman–Crippen LogP) is 1.47. The maximum Gasteiger partial charge on any atom is 0.335 e. The van der Waals surface area contributed by atoms with Crippen LogP contribution in [0, 0.1) is 0 Å². The largest absolute Gasteiger partial charge is 0.478 e. The zero-order valence-electron chi connectivity index (χ0n) is 11.0. The molecule has 0 saturated carbocycles. The van der Waals surface area contributed by atoms with Crippen molar-refractivity contribution in [1.29, 1.82) is 0 Å². The Bertz CT molecular complexity index is 431. The lowest BCUT2D eigenvalue weighted by Gasteiger charge is -2.06. The van der Waals surface area contributed by atoms with Gasteiger partial charge in [-0.25, -0.2) is 4.79 Å². The topological polar surface area (TPSA) is 75.6 Å². The first-order valence-electron chi connectivity index (χ1n) is 6.30. The maximum atomic E-state index is 11.4. The Morgan fingerprint density at radius 2 is 2.16 bits per heavy atom. The van der Waals surface area contributed by atoms with Gasteiger partial charge in [0, 0.05) is 19.6 Å². The van der Waals surface area contributed by atoms with Crippen LogP contribution in [-0.2, 0) is 16.0 Å². The van der Waals surface area contributed by atoms with Crippen LogP contribution in [-0.4, -0.2) is 36.7 Å². The van der Waals surface area contributed by atoms with E-state index in [4.69, 9.17) is 9.84 Å². The molecule has 2 N–H and O–H groups in total. The number of hydrogen-bond donors (Lipinski definition) is 2. The molecule has 0 atom stereocenters. The molecule has 0 aromatic heterocycles. The van der Waals surface area contributed by atoms with E-state index >= 15 is 0 Å². The minimum Gasteiger partial charge on any atom is -0.478 e. The molecule has 0 radical (unpaired) electrons. The number of benzene rings is 1. The second-order valence-corrected chi connectivity index (χ2v) is 4.05. The van der Waals surface area contributed by atoms with Crippen molar-refractivity contribution in [3.8, 4) is 0 Å². The average molecular weight is 265 g/mol. The molecule has 1 aromatic rings. The van der Waals surface area contributed by atoms with Crippen molar-refractivity contribution in [2.24, 2.45) is 0 Å². The Morgan fingerprint density at radius 3 is 2.84 bits per heavy atom. The van der Waals surface area contributed by atoms with Crippen LogP contribution in [0.4, 0.5) is 0 Å². The fourth-order valence-corrected chi connectivity index (χ4v) is 1.60. The Kier molecular flexibility index (Phi) is 6.60. The summed E-state index contributed by atoms with van der Waals surface area (Å²) >= 11 is 0. The van der Waals surface area contributed by atoms with Gasteiger partial charge < -0.3 is 15.2 Å². The summed E-state index contributed by atoms with van der Waals surface area (Å²) in [6, 6.07) is 6.72. The van der Waals surface area contributed by atoms with E-state index in [-0.39, 0.29) is 11.5 Å². The average Bonchev–Trinajstić information content (AvgIpc) is 2.39. The molecule has 0 heterocycles. The van der Waals surface area contributed by atoms with Crippen LogP contribution >= 0.6 is 0 Å². The minimum atomic E-state index is -0.942. The third-order valence-electron chi connectivity index (χ3n) is 2.59. The summed E-state index contributed by atoms with van der Waals surface area (Å²) in [6.45, 7) is 3.41. The molecule has 0 aliphatic rings. The summed E-state index contributed by atoms with van der Waals surface area (Å²) in [5.74, 6) is -0.995. The lowest BCUT2D eigenvalue weighted by molar-refractivity contribution is -0.122. The lowest BCUT2D eigenvalue weighted by Crippen LogP contribution is -2.26. The van der Waals surface area contributed by atoms with Gasteiger partial charge in [0.25, 0.3) is 0 Å². The monoisotopic (exact) mass is 265 g/mol. The van der Waals surface area contributed by atoms with Gasteiger partial charge in [-0.15, -0.1) is 0 Å². The van der Waals surface area contributed by atoms with Gasteiger partial charge in [-0.2, -0.15) is 0 Å². The van der Waals surface area contributed by atoms with Gasteiger partial charge in [0.1, 0.15) is 0 Å². The predicted molar refractivity (Wildman–Crippen MR) is 71.2 cm³/mol. The van der Waals surface area contributed by atoms with Crippen LogP contribution in [0.25, 0.3) is 0 Å². The minimum absolute atomic E-state index is 0.0529. The number of ether oxygens (including phenoxy) is 1. The van der Waals surface area contributed by atoms with Crippen molar-refractivity contribution in [1.82, 2.24) is 5.32 Å². The van der Waals surface area contributed by atoms with Gasteiger partial charge in [0.15, 0.2) is 0 Å². The number of carbonyl (C=O) groups excluding carboxylic acids is 1. The number of amides is 1. The summed E-state index contributed by atoms with van der Waals surface area (Å²) in [5.41, 5.74) is 1.16. The maximum absolute atomic E-state index is 11.4. The molecule has 19 heavy (non-hydrogen) atoms. The zero-order valence-corrected chi connectivity index (χ0v) is 11.0. The van der Waals surface area contributed by atoms with Crippen LogP contribution in [0.15, 0.2) is 24.3 Å². The third-order valence-corrected chi connectivity index (χ3v) is 2.59. The van der Waals surface area contributed by atoms with Crippen LogP contribution in [0.3, 0.4) is 0 Å². The lowest BCUT2D eigenvalue weighted by atomic mass is 10.1. The Balaban J connectivity index is 2.31. The van der Waals surface area contributed by atoms with E-state index in [0.29, 0.717) is 32.6 Å². The molecule has 0 spiro atoms. The summed E-state index contributed by atoms with van der Waals surface area (Å²) in [7, 11) is 0. The van der Waals surface area contributed by atoms with Crippen molar-refractivity contribution in [3.63, 3.8) is 0 Å². The van der Waals surface area contributed by atoms with Crippen molar-refractivity contribution in [3.05, 3.63) is 35.4 Å². The van der Waals surface area contributed by atoms with Crippen molar-refractivity contribution < 1.29 is 19.4 Å². The first-order chi connectivity index (χ1) is 9.13. The molecule has 1 rings (SSSR count). The Morgan fingerprint density at radius 1 is 1.37 bits per heavy atom. The molecule has 0 aliphatic heterocycles. The first kappa shape index (κ1) is 15.2. The molecular weight excluding hydrogens is 246 g/mol. The van der Waals surface area contributed by atoms with Gasteiger partial charge in [0.2, 0.25) is 5.91 Å². The highest BCUT2D eigenvalue weighted by Gasteiger charge is 2.04. The van der Waals surface area contributed by atoms with Crippen molar-refractivity contribution >= 4 is 11.9 Å². The highest BCUT2D eigenvalue weighted by atomic mass is 16.5. The highest BCUT2D eigenvalue weighted by molar-refractivity contribution is 5.87. The highest BCUT2D eigenvalue weighted by Crippen LogP contribution is 2.05. The van der Waals surface area contributed by atoms with Crippen molar-refractivity contribution in [2.75, 3.05) is 19.8 Å². The van der Waals surface area contributed by atoms with E-state index in [2.05, 4.69) is 5.32 Å². The van der Waals surface area contributed by atoms with Gasteiger partial charge in [-0.3, -0.25) is 4.79 Å². The van der Waals surface area contributed by atoms with Gasteiger partial charge in [-0.1, -0.05) is 12.1 Å². The molecular formula is C14H19NO4.